The van der Waals surface area contributed by atoms with E-state index in [1.165, 1.54) is 19.2 Å². The van der Waals surface area contributed by atoms with E-state index in [4.69, 9.17) is 9.84 Å². The molecule has 1 aromatic rings. The van der Waals surface area contributed by atoms with E-state index in [0.29, 0.717) is 18.7 Å². The first-order chi connectivity index (χ1) is 9.53. The van der Waals surface area contributed by atoms with Crippen LogP contribution in [0.2, 0.25) is 0 Å². The van der Waals surface area contributed by atoms with Crippen LogP contribution in [0.15, 0.2) is 29.2 Å². The lowest BCUT2D eigenvalue weighted by Crippen LogP contribution is -2.29. The fourth-order valence-corrected chi connectivity index (χ4v) is 3.12. The second kappa shape index (κ2) is 8.24. The van der Waals surface area contributed by atoms with Gasteiger partial charge in [0.25, 0.3) is 0 Å². The molecule has 0 aliphatic carbocycles. The Kier molecular flexibility index (Phi) is 6.98. The van der Waals surface area contributed by atoms with Gasteiger partial charge in [0.2, 0.25) is 10.0 Å². The number of aliphatic hydroxyl groups is 1. The molecule has 0 saturated carbocycles. The summed E-state index contributed by atoms with van der Waals surface area (Å²) in [6.07, 6.45) is 2.47. The van der Waals surface area contributed by atoms with Crippen LogP contribution < -0.4 is 9.46 Å². The molecule has 0 bridgehead atoms. The van der Waals surface area contributed by atoms with Crippen molar-refractivity contribution in [3.05, 3.63) is 24.3 Å². The van der Waals surface area contributed by atoms with Gasteiger partial charge in [-0.2, -0.15) is 0 Å². The molecule has 0 aliphatic rings. The summed E-state index contributed by atoms with van der Waals surface area (Å²) in [4.78, 5) is 0.220. The van der Waals surface area contributed by atoms with Gasteiger partial charge < -0.3 is 9.84 Å². The Bertz CT molecular complexity index is 478. The lowest BCUT2D eigenvalue weighted by Gasteiger charge is -2.16. The zero-order chi connectivity index (χ0) is 15.0. The maximum absolute atomic E-state index is 12.1. The van der Waals surface area contributed by atoms with Gasteiger partial charge in [-0.3, -0.25) is 0 Å². The first-order valence-corrected chi connectivity index (χ1v) is 8.26. The topological polar surface area (TPSA) is 75.6 Å². The Morgan fingerprint density at radius 3 is 2.40 bits per heavy atom. The largest absolute Gasteiger partial charge is 0.497 e. The summed E-state index contributed by atoms with van der Waals surface area (Å²) < 4.78 is 31.9. The molecule has 0 aliphatic heterocycles. The van der Waals surface area contributed by atoms with E-state index in [0.717, 1.165) is 12.8 Å². The van der Waals surface area contributed by atoms with E-state index in [1.807, 2.05) is 6.92 Å². The summed E-state index contributed by atoms with van der Waals surface area (Å²) in [5, 5.41) is 8.98. The molecule has 6 heteroatoms. The van der Waals surface area contributed by atoms with Crippen LogP contribution in [0.1, 0.15) is 26.2 Å². The first-order valence-electron chi connectivity index (χ1n) is 6.78. The SMILES string of the molecule is CCCC(CCO)CNS(=O)(=O)c1ccc(OC)cc1. The van der Waals surface area contributed by atoms with Crippen molar-refractivity contribution < 1.29 is 18.3 Å². The van der Waals surface area contributed by atoms with Gasteiger partial charge in [0.1, 0.15) is 5.75 Å². The lowest BCUT2D eigenvalue weighted by molar-refractivity contribution is 0.251. The van der Waals surface area contributed by atoms with Crippen molar-refractivity contribution in [1.29, 1.82) is 0 Å². The summed E-state index contributed by atoms with van der Waals surface area (Å²) in [5.41, 5.74) is 0. The molecule has 1 rings (SSSR count). The predicted octanol–water partition coefficient (Wildman–Crippen LogP) is 1.77. The highest BCUT2D eigenvalue weighted by Crippen LogP contribution is 2.16. The van der Waals surface area contributed by atoms with Gasteiger partial charge in [0, 0.05) is 13.2 Å². The van der Waals surface area contributed by atoms with E-state index in [-0.39, 0.29) is 17.4 Å². The molecule has 0 aromatic heterocycles. The molecule has 2 N–H and O–H groups in total. The molecule has 0 spiro atoms. The summed E-state index contributed by atoms with van der Waals surface area (Å²) in [6, 6.07) is 6.27. The second-order valence-electron chi connectivity index (χ2n) is 4.69. The van der Waals surface area contributed by atoms with E-state index < -0.39 is 10.0 Å². The van der Waals surface area contributed by atoms with E-state index in [2.05, 4.69) is 4.72 Å². The average Bonchev–Trinajstić information content (AvgIpc) is 2.45. The molecule has 20 heavy (non-hydrogen) atoms. The van der Waals surface area contributed by atoms with Crippen LogP contribution in [-0.2, 0) is 10.0 Å². The monoisotopic (exact) mass is 301 g/mol. The minimum Gasteiger partial charge on any atom is -0.497 e. The van der Waals surface area contributed by atoms with Crippen molar-refractivity contribution in [3.63, 3.8) is 0 Å². The summed E-state index contributed by atoms with van der Waals surface area (Å²) in [5.74, 6) is 0.783. The van der Waals surface area contributed by atoms with Crippen LogP contribution in [0.5, 0.6) is 5.75 Å². The first kappa shape index (κ1) is 16.9. The van der Waals surface area contributed by atoms with E-state index in [1.54, 1.807) is 12.1 Å². The predicted molar refractivity (Wildman–Crippen MR) is 78.3 cm³/mol. The van der Waals surface area contributed by atoms with Crippen LogP contribution in [0.4, 0.5) is 0 Å². The fraction of sp³-hybridized carbons (Fsp3) is 0.571. The highest BCUT2D eigenvalue weighted by Gasteiger charge is 2.16. The molecule has 0 fully saturated rings. The zero-order valence-electron chi connectivity index (χ0n) is 12.0. The number of ether oxygens (including phenoxy) is 1. The number of nitrogens with one attached hydrogen (secondary N) is 1. The Hall–Kier alpha value is -1.11. The summed E-state index contributed by atoms with van der Waals surface area (Å²) in [7, 11) is -1.97. The van der Waals surface area contributed by atoms with Gasteiger partial charge in [-0.15, -0.1) is 0 Å². The molecule has 0 amide bonds. The Balaban J connectivity index is 2.68. The van der Waals surface area contributed by atoms with Crippen molar-refractivity contribution in [2.75, 3.05) is 20.3 Å². The minimum atomic E-state index is -3.50. The third kappa shape index (κ3) is 5.11. The van der Waals surface area contributed by atoms with Crippen molar-refractivity contribution in [2.45, 2.75) is 31.1 Å². The van der Waals surface area contributed by atoms with Crippen LogP contribution in [0.25, 0.3) is 0 Å². The second-order valence-corrected chi connectivity index (χ2v) is 6.46. The number of hydrogen-bond acceptors (Lipinski definition) is 4. The smallest absolute Gasteiger partial charge is 0.240 e. The standard InChI is InChI=1S/C14H23NO4S/c1-3-4-12(9-10-16)11-15-20(17,18)14-7-5-13(19-2)6-8-14/h5-8,12,15-16H,3-4,9-11H2,1-2H3. The lowest BCUT2D eigenvalue weighted by atomic mass is 10.0. The van der Waals surface area contributed by atoms with E-state index >= 15 is 0 Å². The molecule has 0 saturated heterocycles. The maximum atomic E-state index is 12.1. The summed E-state index contributed by atoms with van der Waals surface area (Å²) in [6.45, 7) is 2.47. The van der Waals surface area contributed by atoms with Crippen LogP contribution in [0, 0.1) is 5.92 Å². The molecule has 0 heterocycles. The van der Waals surface area contributed by atoms with Gasteiger partial charge in [0.15, 0.2) is 0 Å². The van der Waals surface area contributed by atoms with Crippen molar-refractivity contribution in [3.8, 4) is 5.75 Å². The molecule has 0 radical (unpaired) electrons. The Morgan fingerprint density at radius 1 is 1.25 bits per heavy atom. The van der Waals surface area contributed by atoms with Gasteiger partial charge in [0.05, 0.1) is 12.0 Å². The van der Waals surface area contributed by atoms with Crippen molar-refractivity contribution in [1.82, 2.24) is 4.72 Å². The van der Waals surface area contributed by atoms with Gasteiger partial charge in [-0.25, -0.2) is 13.1 Å². The van der Waals surface area contributed by atoms with E-state index in [9.17, 15) is 8.42 Å². The third-order valence-electron chi connectivity index (χ3n) is 3.17. The highest BCUT2D eigenvalue weighted by molar-refractivity contribution is 7.89. The van der Waals surface area contributed by atoms with Crippen LogP contribution in [0.3, 0.4) is 0 Å². The Labute approximate surface area is 121 Å². The molecule has 1 aromatic carbocycles. The molecular formula is C14H23NO4S. The number of hydrogen-bond donors (Lipinski definition) is 2. The molecule has 1 unspecified atom stereocenters. The quantitative estimate of drug-likeness (QED) is 0.729. The summed E-state index contributed by atoms with van der Waals surface area (Å²) >= 11 is 0. The molecular weight excluding hydrogens is 278 g/mol. The fourth-order valence-electron chi connectivity index (χ4n) is 2.01. The normalized spacial score (nSPS) is 13.2. The molecule has 1 atom stereocenters. The van der Waals surface area contributed by atoms with Gasteiger partial charge >= 0.3 is 0 Å². The number of rotatable bonds is 9. The van der Waals surface area contributed by atoms with Crippen LogP contribution in [-0.4, -0.2) is 33.8 Å². The third-order valence-corrected chi connectivity index (χ3v) is 4.61. The Morgan fingerprint density at radius 2 is 1.90 bits per heavy atom. The molecule has 114 valence electrons. The number of sulfonamides is 1. The molecule has 5 nitrogen and oxygen atoms in total. The van der Waals surface area contributed by atoms with Crippen molar-refractivity contribution in [2.24, 2.45) is 5.92 Å². The highest BCUT2D eigenvalue weighted by atomic mass is 32.2. The number of aliphatic hydroxyl groups excluding tert-OH is 1. The minimum absolute atomic E-state index is 0.0783. The van der Waals surface area contributed by atoms with Crippen LogP contribution >= 0.6 is 0 Å². The zero-order valence-corrected chi connectivity index (χ0v) is 12.8. The number of methoxy groups -OCH3 is 1. The maximum Gasteiger partial charge on any atom is 0.240 e. The number of benzene rings is 1. The van der Waals surface area contributed by atoms with Gasteiger partial charge in [-0.1, -0.05) is 13.3 Å². The average molecular weight is 301 g/mol. The van der Waals surface area contributed by atoms with Gasteiger partial charge in [-0.05, 0) is 43.0 Å². The van der Waals surface area contributed by atoms with Crippen molar-refractivity contribution >= 4 is 10.0 Å².